The number of fused-ring (bicyclic) bond motifs is 1. The number of nitrogens with two attached hydrogens (primary N) is 1. The van der Waals surface area contributed by atoms with Gasteiger partial charge in [-0.2, -0.15) is 0 Å². The third-order valence-corrected chi connectivity index (χ3v) is 2.02. The number of carbonyl (C=O) groups is 1. The molecule has 0 saturated carbocycles. The monoisotopic (exact) mass is 214 g/mol. The first-order valence-electron chi connectivity index (χ1n) is 4.26. The summed E-state index contributed by atoms with van der Waals surface area (Å²) in [7, 11) is 0. The molecule has 0 unspecified atom stereocenters. The van der Waals surface area contributed by atoms with Gasteiger partial charge in [-0.3, -0.25) is 4.79 Å². The van der Waals surface area contributed by atoms with E-state index >= 15 is 0 Å². The SMILES string of the molecule is N[C@H]1COc2cc(F)cc(F)c2NC1=O. The Balaban J connectivity index is 2.47. The van der Waals surface area contributed by atoms with Crippen LogP contribution in [0.3, 0.4) is 0 Å². The Bertz CT molecular complexity index is 423. The highest BCUT2D eigenvalue weighted by Gasteiger charge is 2.24. The van der Waals surface area contributed by atoms with Gasteiger partial charge in [-0.05, 0) is 0 Å². The number of anilines is 1. The Morgan fingerprint density at radius 2 is 2.20 bits per heavy atom. The first-order chi connectivity index (χ1) is 7.08. The standard InChI is InChI=1S/C9H8F2N2O2/c10-4-1-5(11)8-7(2-4)15-3-6(12)9(14)13-8/h1-2,6H,3,12H2,(H,13,14)/t6-/m0/s1. The molecule has 1 heterocycles. The van der Waals surface area contributed by atoms with E-state index in [-0.39, 0.29) is 18.0 Å². The second kappa shape index (κ2) is 3.47. The van der Waals surface area contributed by atoms with Gasteiger partial charge < -0.3 is 15.8 Å². The molecule has 0 aliphatic carbocycles. The van der Waals surface area contributed by atoms with E-state index < -0.39 is 23.6 Å². The van der Waals surface area contributed by atoms with Crippen LogP contribution in [0.4, 0.5) is 14.5 Å². The van der Waals surface area contributed by atoms with Gasteiger partial charge in [0.25, 0.3) is 0 Å². The van der Waals surface area contributed by atoms with Gasteiger partial charge >= 0.3 is 0 Å². The van der Waals surface area contributed by atoms with Crippen molar-refractivity contribution in [2.24, 2.45) is 5.73 Å². The molecule has 1 aliphatic heterocycles. The van der Waals surface area contributed by atoms with E-state index in [0.29, 0.717) is 6.07 Å². The first kappa shape index (κ1) is 9.85. The van der Waals surface area contributed by atoms with Crippen molar-refractivity contribution in [3.8, 4) is 5.75 Å². The van der Waals surface area contributed by atoms with Crippen LogP contribution in [0.25, 0.3) is 0 Å². The molecule has 1 aromatic rings. The average molecular weight is 214 g/mol. The fourth-order valence-electron chi connectivity index (χ4n) is 1.26. The Labute approximate surface area is 84.0 Å². The van der Waals surface area contributed by atoms with Gasteiger partial charge in [0, 0.05) is 12.1 Å². The van der Waals surface area contributed by atoms with Crippen molar-refractivity contribution < 1.29 is 18.3 Å². The predicted molar refractivity (Wildman–Crippen MR) is 48.5 cm³/mol. The lowest BCUT2D eigenvalue weighted by Crippen LogP contribution is -2.38. The predicted octanol–water partition coefficient (Wildman–Crippen LogP) is 0.623. The Morgan fingerprint density at radius 3 is 2.93 bits per heavy atom. The van der Waals surface area contributed by atoms with E-state index in [0.717, 1.165) is 6.07 Å². The quantitative estimate of drug-likeness (QED) is 0.665. The van der Waals surface area contributed by atoms with Crippen LogP contribution in [0.1, 0.15) is 0 Å². The first-order valence-corrected chi connectivity index (χ1v) is 4.26. The van der Waals surface area contributed by atoms with E-state index in [1.165, 1.54) is 0 Å². The third kappa shape index (κ3) is 1.75. The molecule has 0 bridgehead atoms. The Kier molecular flexibility index (Phi) is 2.28. The number of carbonyl (C=O) groups excluding carboxylic acids is 1. The summed E-state index contributed by atoms with van der Waals surface area (Å²) in [5.74, 6) is -2.25. The molecular formula is C9H8F2N2O2. The zero-order valence-electron chi connectivity index (χ0n) is 7.59. The Hall–Kier alpha value is -1.69. The number of amides is 1. The minimum absolute atomic E-state index is 0.0474. The minimum Gasteiger partial charge on any atom is -0.489 e. The topological polar surface area (TPSA) is 64.3 Å². The van der Waals surface area contributed by atoms with Gasteiger partial charge in [0.1, 0.15) is 29.9 Å². The number of rotatable bonds is 0. The van der Waals surface area contributed by atoms with E-state index in [1.807, 2.05) is 0 Å². The molecule has 1 aromatic carbocycles. The molecule has 0 aromatic heterocycles. The molecule has 1 amide bonds. The second-order valence-corrected chi connectivity index (χ2v) is 3.17. The molecule has 4 nitrogen and oxygen atoms in total. The summed E-state index contributed by atoms with van der Waals surface area (Å²) in [5, 5.41) is 2.24. The highest BCUT2D eigenvalue weighted by atomic mass is 19.1. The molecule has 6 heteroatoms. The molecule has 80 valence electrons. The highest BCUT2D eigenvalue weighted by Crippen LogP contribution is 2.30. The molecule has 0 spiro atoms. The molecule has 1 aliphatic rings. The normalized spacial score (nSPS) is 19.9. The summed E-state index contributed by atoms with van der Waals surface area (Å²) < 4.78 is 31.1. The van der Waals surface area contributed by atoms with E-state index in [2.05, 4.69) is 5.32 Å². The van der Waals surface area contributed by atoms with Crippen molar-refractivity contribution in [3.63, 3.8) is 0 Å². The largest absolute Gasteiger partial charge is 0.489 e. The summed E-state index contributed by atoms with van der Waals surface area (Å²) in [6, 6.07) is 0.774. The molecule has 1 atom stereocenters. The minimum atomic E-state index is -0.889. The smallest absolute Gasteiger partial charge is 0.244 e. The van der Waals surface area contributed by atoms with Crippen LogP contribution in [0.2, 0.25) is 0 Å². The summed E-state index contributed by atoms with van der Waals surface area (Å²) in [6.45, 7) is -0.109. The zero-order valence-corrected chi connectivity index (χ0v) is 7.59. The second-order valence-electron chi connectivity index (χ2n) is 3.17. The van der Waals surface area contributed by atoms with Gasteiger partial charge in [0.15, 0.2) is 5.82 Å². The number of hydrogen-bond donors (Lipinski definition) is 2. The third-order valence-electron chi connectivity index (χ3n) is 2.02. The fraction of sp³-hybridized carbons (Fsp3) is 0.222. The average Bonchev–Trinajstić information content (AvgIpc) is 2.30. The Morgan fingerprint density at radius 1 is 1.47 bits per heavy atom. The van der Waals surface area contributed by atoms with Crippen molar-refractivity contribution in [1.82, 2.24) is 0 Å². The lowest BCUT2D eigenvalue weighted by molar-refractivity contribution is -0.117. The van der Waals surface area contributed by atoms with Crippen molar-refractivity contribution in [3.05, 3.63) is 23.8 Å². The number of nitrogens with one attached hydrogen (secondary N) is 1. The van der Waals surface area contributed by atoms with Crippen LogP contribution >= 0.6 is 0 Å². The maximum atomic E-state index is 13.2. The van der Waals surface area contributed by atoms with Crippen molar-refractivity contribution in [2.45, 2.75) is 6.04 Å². The van der Waals surface area contributed by atoms with Crippen LogP contribution in [-0.4, -0.2) is 18.6 Å². The van der Waals surface area contributed by atoms with Gasteiger partial charge in [0.05, 0.1) is 0 Å². The maximum absolute atomic E-state index is 13.2. The van der Waals surface area contributed by atoms with E-state index in [9.17, 15) is 13.6 Å². The lowest BCUT2D eigenvalue weighted by atomic mass is 10.2. The van der Waals surface area contributed by atoms with Crippen LogP contribution in [0.15, 0.2) is 12.1 Å². The molecule has 0 fully saturated rings. The van der Waals surface area contributed by atoms with Crippen LogP contribution in [-0.2, 0) is 4.79 Å². The van der Waals surface area contributed by atoms with Gasteiger partial charge in [0.2, 0.25) is 5.91 Å². The molecule has 3 N–H and O–H groups in total. The molecule has 15 heavy (non-hydrogen) atoms. The molecule has 0 radical (unpaired) electrons. The van der Waals surface area contributed by atoms with Gasteiger partial charge in [-0.1, -0.05) is 0 Å². The summed E-state index contributed by atoms with van der Waals surface area (Å²) >= 11 is 0. The summed E-state index contributed by atoms with van der Waals surface area (Å²) in [4.78, 5) is 11.2. The fourth-order valence-corrected chi connectivity index (χ4v) is 1.26. The highest BCUT2D eigenvalue weighted by molar-refractivity contribution is 5.96. The lowest BCUT2D eigenvalue weighted by Gasteiger charge is -2.07. The van der Waals surface area contributed by atoms with Crippen molar-refractivity contribution in [2.75, 3.05) is 11.9 Å². The number of halogens is 2. The van der Waals surface area contributed by atoms with Crippen molar-refractivity contribution in [1.29, 1.82) is 0 Å². The van der Waals surface area contributed by atoms with Crippen molar-refractivity contribution >= 4 is 11.6 Å². The molecule has 2 rings (SSSR count). The number of hydrogen-bond acceptors (Lipinski definition) is 3. The van der Waals surface area contributed by atoms with E-state index in [4.69, 9.17) is 10.5 Å². The summed E-state index contributed by atoms with van der Waals surface area (Å²) in [6.07, 6.45) is 0. The van der Waals surface area contributed by atoms with E-state index in [1.54, 1.807) is 0 Å². The summed E-state index contributed by atoms with van der Waals surface area (Å²) in [5.41, 5.74) is 5.22. The van der Waals surface area contributed by atoms with Crippen LogP contribution in [0, 0.1) is 11.6 Å². The molecular weight excluding hydrogens is 206 g/mol. The van der Waals surface area contributed by atoms with Gasteiger partial charge in [-0.25, -0.2) is 8.78 Å². The zero-order chi connectivity index (χ0) is 11.0. The van der Waals surface area contributed by atoms with Gasteiger partial charge in [-0.15, -0.1) is 0 Å². The maximum Gasteiger partial charge on any atom is 0.244 e. The molecule has 0 saturated heterocycles. The van der Waals surface area contributed by atoms with Crippen LogP contribution < -0.4 is 15.8 Å². The number of benzene rings is 1. The van der Waals surface area contributed by atoms with Crippen LogP contribution in [0.5, 0.6) is 5.75 Å². The number of ether oxygens (including phenoxy) is 1.